The molecule has 0 aliphatic heterocycles. The van der Waals surface area contributed by atoms with Gasteiger partial charge < -0.3 is 15.0 Å². The number of aliphatic hydroxyl groups is 1. The first-order chi connectivity index (χ1) is 7.69. The second-order valence-corrected chi connectivity index (χ2v) is 4.36. The standard InChI is InChI=1S/C12H23N3O/c1-4-13-11(5-8-16)9-15-7-6-14-12(15)10(2)3/h6-7,10-11,13,16H,4-5,8-9H2,1-3H3. The van der Waals surface area contributed by atoms with Gasteiger partial charge in [-0.2, -0.15) is 0 Å². The zero-order valence-electron chi connectivity index (χ0n) is 10.5. The highest BCUT2D eigenvalue weighted by Crippen LogP contribution is 2.12. The van der Waals surface area contributed by atoms with Crippen LogP contribution in [-0.2, 0) is 6.54 Å². The monoisotopic (exact) mass is 225 g/mol. The van der Waals surface area contributed by atoms with E-state index in [2.05, 4.69) is 35.6 Å². The highest BCUT2D eigenvalue weighted by Gasteiger charge is 2.12. The first-order valence-electron chi connectivity index (χ1n) is 6.04. The Morgan fingerprint density at radius 3 is 2.81 bits per heavy atom. The van der Waals surface area contributed by atoms with Crippen molar-refractivity contribution in [1.29, 1.82) is 0 Å². The molecule has 0 fully saturated rings. The van der Waals surface area contributed by atoms with Gasteiger partial charge in [-0.1, -0.05) is 20.8 Å². The van der Waals surface area contributed by atoms with Crippen LogP contribution in [-0.4, -0.2) is 33.9 Å². The third kappa shape index (κ3) is 3.61. The highest BCUT2D eigenvalue weighted by atomic mass is 16.3. The van der Waals surface area contributed by atoms with Gasteiger partial charge in [0.1, 0.15) is 5.82 Å². The second-order valence-electron chi connectivity index (χ2n) is 4.36. The van der Waals surface area contributed by atoms with Gasteiger partial charge in [-0.25, -0.2) is 4.98 Å². The zero-order chi connectivity index (χ0) is 12.0. The van der Waals surface area contributed by atoms with Crippen molar-refractivity contribution < 1.29 is 5.11 Å². The molecule has 0 aliphatic rings. The Labute approximate surface area is 97.7 Å². The van der Waals surface area contributed by atoms with Gasteiger partial charge in [0.15, 0.2) is 0 Å². The van der Waals surface area contributed by atoms with Crippen molar-refractivity contribution in [3.05, 3.63) is 18.2 Å². The summed E-state index contributed by atoms with van der Waals surface area (Å²) in [5.74, 6) is 1.55. The molecule has 4 heteroatoms. The molecular formula is C12H23N3O. The van der Waals surface area contributed by atoms with Crippen LogP contribution in [0.2, 0.25) is 0 Å². The smallest absolute Gasteiger partial charge is 0.111 e. The Hall–Kier alpha value is -0.870. The molecule has 1 aromatic heterocycles. The maximum Gasteiger partial charge on any atom is 0.111 e. The molecule has 1 unspecified atom stereocenters. The Kier molecular flexibility index (Phi) is 5.49. The zero-order valence-corrected chi connectivity index (χ0v) is 10.5. The summed E-state index contributed by atoms with van der Waals surface area (Å²) in [5.41, 5.74) is 0. The maximum atomic E-state index is 9.01. The number of hydrogen-bond donors (Lipinski definition) is 2. The number of likely N-dealkylation sites (N-methyl/N-ethyl adjacent to an activating group) is 1. The normalized spacial score (nSPS) is 13.3. The molecule has 1 aromatic rings. The van der Waals surface area contributed by atoms with Gasteiger partial charge in [-0.3, -0.25) is 0 Å². The van der Waals surface area contributed by atoms with Gasteiger partial charge in [0.25, 0.3) is 0 Å². The SMILES string of the molecule is CCNC(CCO)Cn1ccnc1C(C)C. The number of hydrogen-bond acceptors (Lipinski definition) is 3. The number of nitrogens with one attached hydrogen (secondary N) is 1. The van der Waals surface area contributed by atoms with Gasteiger partial charge in [0.05, 0.1) is 0 Å². The largest absolute Gasteiger partial charge is 0.396 e. The summed E-state index contributed by atoms with van der Waals surface area (Å²) in [4.78, 5) is 4.36. The molecule has 0 radical (unpaired) electrons. The average Bonchev–Trinajstić information content (AvgIpc) is 2.66. The predicted octanol–water partition coefficient (Wildman–Crippen LogP) is 1.37. The summed E-state index contributed by atoms with van der Waals surface area (Å²) < 4.78 is 2.17. The summed E-state index contributed by atoms with van der Waals surface area (Å²) in [6.07, 6.45) is 4.64. The van der Waals surface area contributed by atoms with Crippen LogP contribution in [0.4, 0.5) is 0 Å². The van der Waals surface area contributed by atoms with Crippen molar-refractivity contribution in [2.45, 2.75) is 45.7 Å². The summed E-state index contributed by atoms with van der Waals surface area (Å²) in [5, 5.41) is 12.4. The topological polar surface area (TPSA) is 50.1 Å². The molecule has 1 atom stereocenters. The van der Waals surface area contributed by atoms with Gasteiger partial charge in [-0.15, -0.1) is 0 Å². The number of aliphatic hydroxyl groups excluding tert-OH is 1. The van der Waals surface area contributed by atoms with Gasteiger partial charge in [-0.05, 0) is 13.0 Å². The fourth-order valence-electron chi connectivity index (χ4n) is 1.92. The van der Waals surface area contributed by atoms with E-state index in [4.69, 9.17) is 5.11 Å². The maximum absolute atomic E-state index is 9.01. The van der Waals surface area contributed by atoms with E-state index in [0.29, 0.717) is 12.0 Å². The van der Waals surface area contributed by atoms with E-state index in [9.17, 15) is 0 Å². The van der Waals surface area contributed by atoms with Crippen LogP contribution in [0.15, 0.2) is 12.4 Å². The molecule has 4 nitrogen and oxygen atoms in total. The first kappa shape index (κ1) is 13.2. The van der Waals surface area contributed by atoms with Crippen LogP contribution in [0, 0.1) is 0 Å². The van der Waals surface area contributed by atoms with Crippen molar-refractivity contribution in [3.8, 4) is 0 Å². The molecule has 92 valence electrons. The summed E-state index contributed by atoms with van der Waals surface area (Å²) in [6.45, 7) is 8.41. The molecule has 16 heavy (non-hydrogen) atoms. The van der Waals surface area contributed by atoms with Crippen LogP contribution >= 0.6 is 0 Å². The minimum Gasteiger partial charge on any atom is -0.396 e. The second kappa shape index (κ2) is 6.66. The van der Waals surface area contributed by atoms with E-state index in [-0.39, 0.29) is 6.61 Å². The Morgan fingerprint density at radius 2 is 2.25 bits per heavy atom. The molecule has 0 aromatic carbocycles. The van der Waals surface area contributed by atoms with E-state index in [1.165, 1.54) is 0 Å². The minimum atomic E-state index is 0.226. The van der Waals surface area contributed by atoms with Gasteiger partial charge >= 0.3 is 0 Å². The van der Waals surface area contributed by atoms with Crippen LogP contribution in [0.25, 0.3) is 0 Å². The Bertz CT molecular complexity index is 290. The van der Waals surface area contributed by atoms with E-state index < -0.39 is 0 Å². The van der Waals surface area contributed by atoms with Crippen LogP contribution in [0.5, 0.6) is 0 Å². The Morgan fingerprint density at radius 1 is 1.50 bits per heavy atom. The fraction of sp³-hybridized carbons (Fsp3) is 0.750. The lowest BCUT2D eigenvalue weighted by Crippen LogP contribution is -2.34. The van der Waals surface area contributed by atoms with Crippen molar-refractivity contribution >= 4 is 0 Å². The average molecular weight is 225 g/mol. The lowest BCUT2D eigenvalue weighted by atomic mass is 10.2. The third-order valence-electron chi connectivity index (χ3n) is 2.65. The number of nitrogens with zero attached hydrogens (tertiary/aromatic N) is 2. The lowest BCUT2D eigenvalue weighted by molar-refractivity contribution is 0.256. The van der Waals surface area contributed by atoms with E-state index in [0.717, 1.165) is 25.3 Å². The van der Waals surface area contributed by atoms with Crippen LogP contribution in [0.3, 0.4) is 0 Å². The molecule has 1 heterocycles. The van der Waals surface area contributed by atoms with E-state index in [1.54, 1.807) is 0 Å². The van der Waals surface area contributed by atoms with Crippen molar-refractivity contribution in [2.24, 2.45) is 0 Å². The van der Waals surface area contributed by atoms with E-state index >= 15 is 0 Å². The Balaban J connectivity index is 2.64. The van der Waals surface area contributed by atoms with Crippen molar-refractivity contribution in [2.75, 3.05) is 13.2 Å². The molecular weight excluding hydrogens is 202 g/mol. The summed E-state index contributed by atoms with van der Waals surface area (Å²) >= 11 is 0. The summed E-state index contributed by atoms with van der Waals surface area (Å²) in [6, 6.07) is 0.321. The third-order valence-corrected chi connectivity index (χ3v) is 2.65. The molecule has 0 bridgehead atoms. The molecule has 0 amide bonds. The number of aromatic nitrogens is 2. The molecule has 0 saturated heterocycles. The van der Waals surface area contributed by atoms with Gasteiger partial charge in [0.2, 0.25) is 0 Å². The number of rotatable bonds is 7. The number of imidazole rings is 1. The highest BCUT2D eigenvalue weighted by molar-refractivity contribution is 4.98. The lowest BCUT2D eigenvalue weighted by Gasteiger charge is -2.19. The van der Waals surface area contributed by atoms with Gasteiger partial charge in [0, 0.05) is 37.5 Å². The fourth-order valence-corrected chi connectivity index (χ4v) is 1.92. The molecule has 0 saturated carbocycles. The molecule has 2 N–H and O–H groups in total. The van der Waals surface area contributed by atoms with Crippen molar-refractivity contribution in [1.82, 2.24) is 14.9 Å². The molecule has 1 rings (SSSR count). The van der Waals surface area contributed by atoms with Crippen LogP contribution < -0.4 is 5.32 Å². The predicted molar refractivity (Wildman–Crippen MR) is 65.5 cm³/mol. The quantitative estimate of drug-likeness (QED) is 0.737. The minimum absolute atomic E-state index is 0.226. The van der Waals surface area contributed by atoms with Crippen molar-refractivity contribution in [3.63, 3.8) is 0 Å². The first-order valence-corrected chi connectivity index (χ1v) is 6.04. The molecule has 0 aliphatic carbocycles. The summed E-state index contributed by atoms with van der Waals surface area (Å²) in [7, 11) is 0. The molecule has 0 spiro atoms. The van der Waals surface area contributed by atoms with Crippen LogP contribution in [0.1, 0.15) is 38.9 Å². The van der Waals surface area contributed by atoms with E-state index in [1.807, 2.05) is 12.4 Å².